The van der Waals surface area contributed by atoms with Gasteiger partial charge in [0.15, 0.2) is 0 Å². The van der Waals surface area contributed by atoms with Gasteiger partial charge in [-0.15, -0.1) is 0 Å². The van der Waals surface area contributed by atoms with Crippen LogP contribution in [-0.4, -0.2) is 38.4 Å². The molecule has 1 spiro atoms. The zero-order valence-electron chi connectivity index (χ0n) is 8.95. The molecule has 2 N–H and O–H groups in total. The third-order valence-electron chi connectivity index (χ3n) is 3.01. The largest absolute Gasteiger partial charge is 0.465 e. The van der Waals surface area contributed by atoms with E-state index in [2.05, 4.69) is 15.8 Å². The van der Waals surface area contributed by atoms with Crippen LogP contribution >= 0.6 is 0 Å². The standard InChI is InChI=1S/C10H17N3O2/c1-2-15-9(14)8-3-10(5-11-4-8)6-12-13-7-10/h4,8,12-13H,2-3,5-7H2,1H3. The van der Waals surface area contributed by atoms with Crippen molar-refractivity contribution in [2.24, 2.45) is 16.3 Å². The lowest BCUT2D eigenvalue weighted by atomic mass is 9.78. The molecule has 1 fully saturated rings. The molecule has 2 aliphatic heterocycles. The zero-order valence-corrected chi connectivity index (χ0v) is 8.95. The van der Waals surface area contributed by atoms with Crippen molar-refractivity contribution in [2.75, 3.05) is 26.2 Å². The molecule has 0 bridgehead atoms. The molecular weight excluding hydrogens is 194 g/mol. The average Bonchev–Trinajstić information content (AvgIpc) is 2.67. The van der Waals surface area contributed by atoms with Crippen LogP contribution in [0.2, 0.25) is 0 Å². The second-order valence-electron chi connectivity index (χ2n) is 4.26. The molecule has 2 rings (SSSR count). The lowest BCUT2D eigenvalue weighted by Gasteiger charge is -2.31. The number of nitrogens with one attached hydrogen (secondary N) is 2. The quantitative estimate of drug-likeness (QED) is 0.617. The SMILES string of the molecule is CCOC(=O)C1C=NCC2(CNNC2)C1. The fourth-order valence-electron chi connectivity index (χ4n) is 2.17. The minimum absolute atomic E-state index is 0.103. The van der Waals surface area contributed by atoms with Crippen LogP contribution in [-0.2, 0) is 9.53 Å². The number of ether oxygens (including phenoxy) is 1. The molecule has 0 radical (unpaired) electrons. The second kappa shape index (κ2) is 4.28. The van der Waals surface area contributed by atoms with Crippen LogP contribution in [0.3, 0.4) is 0 Å². The predicted octanol–water partition coefficient (Wildman–Crippen LogP) is -0.266. The summed E-state index contributed by atoms with van der Waals surface area (Å²) in [6.07, 6.45) is 2.57. The van der Waals surface area contributed by atoms with Gasteiger partial charge in [-0.05, 0) is 13.3 Å². The van der Waals surface area contributed by atoms with E-state index in [4.69, 9.17) is 4.74 Å². The number of aliphatic imine (C=N–C) groups is 1. The highest BCUT2D eigenvalue weighted by Crippen LogP contribution is 2.31. The minimum Gasteiger partial charge on any atom is -0.465 e. The van der Waals surface area contributed by atoms with E-state index in [0.717, 1.165) is 26.1 Å². The third kappa shape index (κ3) is 2.18. The lowest BCUT2D eigenvalue weighted by Crippen LogP contribution is -2.39. The van der Waals surface area contributed by atoms with E-state index in [0.29, 0.717) is 6.61 Å². The molecule has 0 aromatic rings. The van der Waals surface area contributed by atoms with Gasteiger partial charge in [-0.2, -0.15) is 0 Å². The number of esters is 1. The number of carbonyl (C=O) groups excluding carboxylic acids is 1. The molecule has 5 nitrogen and oxygen atoms in total. The maximum Gasteiger partial charge on any atom is 0.314 e. The number of carbonyl (C=O) groups is 1. The van der Waals surface area contributed by atoms with Gasteiger partial charge in [-0.1, -0.05) is 0 Å². The normalized spacial score (nSPS) is 28.2. The molecule has 2 aliphatic rings. The number of hydrogen-bond acceptors (Lipinski definition) is 5. The smallest absolute Gasteiger partial charge is 0.314 e. The molecule has 2 heterocycles. The van der Waals surface area contributed by atoms with Gasteiger partial charge in [0.25, 0.3) is 0 Å². The molecule has 0 aromatic carbocycles. The van der Waals surface area contributed by atoms with Gasteiger partial charge in [0.1, 0.15) is 0 Å². The van der Waals surface area contributed by atoms with Crippen LogP contribution in [0.1, 0.15) is 13.3 Å². The van der Waals surface area contributed by atoms with Crippen molar-refractivity contribution < 1.29 is 9.53 Å². The van der Waals surface area contributed by atoms with Crippen molar-refractivity contribution in [3.05, 3.63) is 0 Å². The van der Waals surface area contributed by atoms with Gasteiger partial charge >= 0.3 is 5.97 Å². The van der Waals surface area contributed by atoms with Crippen LogP contribution in [0.5, 0.6) is 0 Å². The van der Waals surface area contributed by atoms with Crippen LogP contribution in [0.15, 0.2) is 4.99 Å². The van der Waals surface area contributed by atoms with E-state index in [1.54, 1.807) is 6.21 Å². The molecule has 1 saturated heterocycles. The summed E-state index contributed by atoms with van der Waals surface area (Å²) in [5.74, 6) is -0.312. The van der Waals surface area contributed by atoms with E-state index < -0.39 is 0 Å². The van der Waals surface area contributed by atoms with Crippen LogP contribution < -0.4 is 10.9 Å². The van der Waals surface area contributed by atoms with E-state index >= 15 is 0 Å². The Morgan fingerprint density at radius 2 is 2.33 bits per heavy atom. The number of nitrogens with zero attached hydrogens (tertiary/aromatic N) is 1. The Labute approximate surface area is 89.3 Å². The summed E-state index contributed by atoms with van der Waals surface area (Å²) in [4.78, 5) is 15.9. The van der Waals surface area contributed by atoms with Gasteiger partial charge < -0.3 is 4.74 Å². The summed E-state index contributed by atoms with van der Waals surface area (Å²) < 4.78 is 5.01. The first-order chi connectivity index (χ1) is 7.26. The Balaban J connectivity index is 2.00. The molecular formula is C10H17N3O2. The lowest BCUT2D eigenvalue weighted by molar-refractivity contribution is -0.146. The molecule has 84 valence electrons. The topological polar surface area (TPSA) is 62.7 Å². The molecule has 1 unspecified atom stereocenters. The molecule has 0 aliphatic carbocycles. The molecule has 15 heavy (non-hydrogen) atoms. The highest BCUT2D eigenvalue weighted by Gasteiger charge is 2.40. The molecule has 0 aromatic heterocycles. The summed E-state index contributed by atoms with van der Waals surface area (Å²) in [5, 5.41) is 0. The summed E-state index contributed by atoms with van der Waals surface area (Å²) in [7, 11) is 0. The van der Waals surface area contributed by atoms with E-state index in [-0.39, 0.29) is 17.3 Å². The van der Waals surface area contributed by atoms with Crippen LogP contribution in [0.25, 0.3) is 0 Å². The molecule has 0 saturated carbocycles. The van der Waals surface area contributed by atoms with Gasteiger partial charge in [-0.3, -0.25) is 20.6 Å². The van der Waals surface area contributed by atoms with Gasteiger partial charge in [-0.25, -0.2) is 0 Å². The predicted molar refractivity (Wildman–Crippen MR) is 56.5 cm³/mol. The number of hydrogen-bond donors (Lipinski definition) is 2. The molecule has 1 atom stereocenters. The highest BCUT2D eigenvalue weighted by atomic mass is 16.5. The Morgan fingerprint density at radius 1 is 1.60 bits per heavy atom. The van der Waals surface area contributed by atoms with Crippen molar-refractivity contribution in [2.45, 2.75) is 13.3 Å². The van der Waals surface area contributed by atoms with Crippen molar-refractivity contribution in [3.63, 3.8) is 0 Å². The summed E-state index contributed by atoms with van der Waals surface area (Å²) in [6.45, 7) is 4.81. The highest BCUT2D eigenvalue weighted by molar-refractivity contribution is 5.90. The summed E-state index contributed by atoms with van der Waals surface area (Å²) in [6, 6.07) is 0. The maximum atomic E-state index is 11.6. The minimum atomic E-state index is -0.166. The van der Waals surface area contributed by atoms with Crippen LogP contribution in [0, 0.1) is 11.3 Å². The van der Waals surface area contributed by atoms with E-state index in [9.17, 15) is 4.79 Å². The Hall–Kier alpha value is -0.940. The zero-order chi connectivity index (χ0) is 10.7. The monoisotopic (exact) mass is 211 g/mol. The first-order valence-corrected chi connectivity index (χ1v) is 5.38. The van der Waals surface area contributed by atoms with Gasteiger partial charge in [0.05, 0.1) is 12.5 Å². The Bertz CT molecular complexity index is 272. The fraction of sp³-hybridized carbons (Fsp3) is 0.800. The van der Waals surface area contributed by atoms with Crippen molar-refractivity contribution in [3.8, 4) is 0 Å². The fourth-order valence-corrected chi connectivity index (χ4v) is 2.17. The van der Waals surface area contributed by atoms with Crippen molar-refractivity contribution in [1.82, 2.24) is 10.9 Å². The number of rotatable bonds is 2. The first-order valence-electron chi connectivity index (χ1n) is 5.38. The summed E-state index contributed by atoms with van der Waals surface area (Å²) >= 11 is 0. The van der Waals surface area contributed by atoms with E-state index in [1.165, 1.54) is 0 Å². The van der Waals surface area contributed by atoms with Crippen molar-refractivity contribution in [1.29, 1.82) is 0 Å². The Kier molecular flexibility index (Phi) is 3.02. The molecule has 0 amide bonds. The van der Waals surface area contributed by atoms with Crippen LogP contribution in [0.4, 0.5) is 0 Å². The third-order valence-corrected chi connectivity index (χ3v) is 3.01. The van der Waals surface area contributed by atoms with Gasteiger partial charge in [0.2, 0.25) is 0 Å². The Morgan fingerprint density at radius 3 is 3.00 bits per heavy atom. The summed E-state index contributed by atoms with van der Waals surface area (Å²) in [5.41, 5.74) is 6.30. The first kappa shape index (κ1) is 10.6. The van der Waals surface area contributed by atoms with Crippen molar-refractivity contribution >= 4 is 12.2 Å². The average molecular weight is 211 g/mol. The number of hydrazine groups is 1. The van der Waals surface area contributed by atoms with E-state index in [1.807, 2.05) is 6.92 Å². The maximum absolute atomic E-state index is 11.6. The van der Waals surface area contributed by atoms with Gasteiger partial charge in [0, 0.05) is 31.3 Å². The molecule has 5 heteroatoms. The second-order valence-corrected chi connectivity index (χ2v) is 4.26.